The van der Waals surface area contributed by atoms with Gasteiger partial charge in [-0.3, -0.25) is 4.79 Å². The molecule has 5 nitrogen and oxygen atoms in total. The first kappa shape index (κ1) is 18.9. The Bertz CT molecular complexity index is 1030. The van der Waals surface area contributed by atoms with Gasteiger partial charge in [-0.2, -0.15) is 13.2 Å². The summed E-state index contributed by atoms with van der Waals surface area (Å²) in [5, 5.41) is 2.57. The van der Waals surface area contributed by atoms with E-state index in [1.54, 1.807) is 4.90 Å². The average molecular weight is 398 g/mol. The Labute approximate surface area is 165 Å². The Morgan fingerprint density at radius 2 is 1.62 bits per heavy atom. The maximum absolute atomic E-state index is 13.1. The predicted molar refractivity (Wildman–Crippen MR) is 102 cm³/mol. The fraction of sp³-hybridized carbons (Fsp3) is 0.190. The van der Waals surface area contributed by atoms with Crippen LogP contribution >= 0.6 is 0 Å². The first-order chi connectivity index (χ1) is 13.9. The molecule has 0 aliphatic carbocycles. The highest BCUT2D eigenvalue weighted by atomic mass is 19.4. The van der Waals surface area contributed by atoms with Crippen LogP contribution in [0.25, 0.3) is 0 Å². The summed E-state index contributed by atoms with van der Waals surface area (Å²) in [6.07, 6.45) is -1.07. The molecule has 0 saturated heterocycles. The zero-order valence-electron chi connectivity index (χ0n) is 15.3. The minimum absolute atomic E-state index is 0.0118. The summed E-state index contributed by atoms with van der Waals surface area (Å²) in [6.45, 7) is 1.10. The van der Waals surface area contributed by atoms with Crippen molar-refractivity contribution < 1.29 is 18.0 Å². The van der Waals surface area contributed by atoms with Gasteiger partial charge in [-0.25, -0.2) is 9.97 Å². The fourth-order valence-corrected chi connectivity index (χ4v) is 3.31. The van der Waals surface area contributed by atoms with Gasteiger partial charge in [-0.1, -0.05) is 36.4 Å². The largest absolute Gasteiger partial charge is 0.418 e. The third-order valence-corrected chi connectivity index (χ3v) is 4.80. The molecule has 4 rings (SSSR count). The van der Waals surface area contributed by atoms with E-state index in [1.165, 1.54) is 36.2 Å². The van der Waals surface area contributed by atoms with Gasteiger partial charge in [0.25, 0.3) is 5.91 Å². The van der Waals surface area contributed by atoms with E-state index in [2.05, 4.69) is 21.4 Å². The van der Waals surface area contributed by atoms with Crippen molar-refractivity contribution in [3.8, 4) is 0 Å². The topological polar surface area (TPSA) is 58.1 Å². The number of halogens is 3. The van der Waals surface area contributed by atoms with E-state index >= 15 is 0 Å². The van der Waals surface area contributed by atoms with Gasteiger partial charge in [-0.15, -0.1) is 0 Å². The highest BCUT2D eigenvalue weighted by Crippen LogP contribution is 2.35. The van der Waals surface area contributed by atoms with E-state index in [0.29, 0.717) is 18.7 Å². The summed E-state index contributed by atoms with van der Waals surface area (Å²) < 4.78 is 39.3. The smallest absolute Gasteiger partial charge is 0.334 e. The lowest BCUT2D eigenvalue weighted by Crippen LogP contribution is -2.36. The molecule has 8 heteroatoms. The predicted octanol–water partition coefficient (Wildman–Crippen LogP) is 4.44. The zero-order chi connectivity index (χ0) is 20.4. The second-order valence-electron chi connectivity index (χ2n) is 6.71. The number of rotatable bonds is 3. The summed E-state index contributed by atoms with van der Waals surface area (Å²) in [6, 6.07) is 13.1. The molecule has 2 aromatic carbocycles. The Morgan fingerprint density at radius 3 is 2.34 bits per heavy atom. The van der Waals surface area contributed by atoms with Gasteiger partial charge in [-0.05, 0) is 29.7 Å². The van der Waals surface area contributed by atoms with E-state index in [9.17, 15) is 18.0 Å². The molecule has 0 unspecified atom stereocenters. The lowest BCUT2D eigenvalue weighted by molar-refractivity contribution is -0.136. The monoisotopic (exact) mass is 398 g/mol. The van der Waals surface area contributed by atoms with Crippen LogP contribution in [0.3, 0.4) is 0 Å². The number of carbonyl (C=O) groups excluding carboxylic acids is 1. The molecule has 1 amide bonds. The van der Waals surface area contributed by atoms with E-state index in [1.807, 2.05) is 18.2 Å². The summed E-state index contributed by atoms with van der Waals surface area (Å²) >= 11 is 0. The number of nitrogens with zero attached hydrogens (tertiary/aromatic N) is 3. The first-order valence-electron chi connectivity index (χ1n) is 9.03. The standard InChI is InChI=1S/C21H17F3N4O/c22-21(23,24)17-7-3-4-8-18(17)27-20-25-11-16(12-26-20)19(29)28-10-9-14-5-1-2-6-15(14)13-28/h1-8,11-12H,9-10,13H2,(H,25,26,27). The van der Waals surface area contributed by atoms with E-state index in [4.69, 9.17) is 0 Å². The number of para-hydroxylation sites is 1. The molecule has 2 heterocycles. The molecule has 0 saturated carbocycles. The van der Waals surface area contributed by atoms with Gasteiger partial charge >= 0.3 is 6.18 Å². The van der Waals surface area contributed by atoms with Crippen LogP contribution in [0.1, 0.15) is 27.0 Å². The summed E-state index contributed by atoms with van der Waals surface area (Å²) in [5.41, 5.74) is 1.67. The number of anilines is 2. The lowest BCUT2D eigenvalue weighted by atomic mass is 9.99. The molecule has 3 aromatic rings. The number of hydrogen-bond donors (Lipinski definition) is 1. The molecule has 1 N–H and O–H groups in total. The van der Waals surface area contributed by atoms with E-state index in [0.717, 1.165) is 18.1 Å². The van der Waals surface area contributed by atoms with Crippen molar-refractivity contribution in [3.63, 3.8) is 0 Å². The maximum Gasteiger partial charge on any atom is 0.418 e. The van der Waals surface area contributed by atoms with Crippen molar-refractivity contribution in [2.75, 3.05) is 11.9 Å². The summed E-state index contributed by atoms with van der Waals surface area (Å²) in [5.74, 6) is -0.219. The molecule has 0 atom stereocenters. The molecule has 1 aliphatic rings. The lowest BCUT2D eigenvalue weighted by Gasteiger charge is -2.28. The molecule has 148 valence electrons. The summed E-state index contributed by atoms with van der Waals surface area (Å²) in [4.78, 5) is 22.5. The van der Waals surface area contributed by atoms with Crippen molar-refractivity contribution in [2.24, 2.45) is 0 Å². The zero-order valence-corrected chi connectivity index (χ0v) is 15.3. The Balaban J connectivity index is 1.48. The van der Waals surface area contributed by atoms with Crippen LogP contribution in [-0.4, -0.2) is 27.3 Å². The van der Waals surface area contributed by atoms with Crippen molar-refractivity contribution in [3.05, 3.63) is 83.2 Å². The van der Waals surface area contributed by atoms with Gasteiger partial charge in [0.1, 0.15) is 0 Å². The molecule has 1 aliphatic heterocycles. The number of nitrogens with one attached hydrogen (secondary N) is 1. The van der Waals surface area contributed by atoms with Gasteiger partial charge in [0.15, 0.2) is 0 Å². The SMILES string of the molecule is O=C(c1cnc(Nc2ccccc2C(F)(F)F)nc1)N1CCc2ccccc2C1. The third-order valence-electron chi connectivity index (χ3n) is 4.80. The molecular weight excluding hydrogens is 381 g/mol. The van der Waals surface area contributed by atoms with Crippen LogP contribution in [0.5, 0.6) is 0 Å². The number of carbonyl (C=O) groups is 1. The molecule has 0 radical (unpaired) electrons. The normalized spacial score (nSPS) is 13.7. The quantitative estimate of drug-likeness (QED) is 0.709. The van der Waals surface area contributed by atoms with Crippen molar-refractivity contribution in [2.45, 2.75) is 19.1 Å². The van der Waals surface area contributed by atoms with Crippen molar-refractivity contribution in [1.29, 1.82) is 0 Å². The van der Waals surface area contributed by atoms with Gasteiger partial charge in [0, 0.05) is 25.5 Å². The van der Waals surface area contributed by atoms with Crippen molar-refractivity contribution in [1.82, 2.24) is 14.9 Å². The second kappa shape index (κ2) is 7.54. The fourth-order valence-electron chi connectivity index (χ4n) is 3.31. The van der Waals surface area contributed by atoms with Crippen LogP contribution in [0.15, 0.2) is 60.9 Å². The van der Waals surface area contributed by atoms with E-state index in [-0.39, 0.29) is 17.5 Å². The van der Waals surface area contributed by atoms with Crippen LogP contribution in [0, 0.1) is 0 Å². The number of benzene rings is 2. The number of hydrogen-bond acceptors (Lipinski definition) is 4. The van der Waals surface area contributed by atoms with Crippen LogP contribution in [0.2, 0.25) is 0 Å². The number of amides is 1. The van der Waals surface area contributed by atoms with Gasteiger partial charge in [0.05, 0.1) is 16.8 Å². The molecular formula is C21H17F3N4O. The number of fused-ring (bicyclic) bond motifs is 1. The van der Waals surface area contributed by atoms with Gasteiger partial charge < -0.3 is 10.2 Å². The van der Waals surface area contributed by atoms with Crippen LogP contribution < -0.4 is 5.32 Å². The maximum atomic E-state index is 13.1. The minimum Gasteiger partial charge on any atom is -0.334 e. The first-order valence-corrected chi connectivity index (χ1v) is 9.03. The minimum atomic E-state index is -4.50. The highest BCUT2D eigenvalue weighted by molar-refractivity contribution is 5.93. The Morgan fingerprint density at radius 1 is 0.966 bits per heavy atom. The van der Waals surface area contributed by atoms with E-state index < -0.39 is 11.7 Å². The molecule has 0 bridgehead atoms. The highest BCUT2D eigenvalue weighted by Gasteiger charge is 2.33. The summed E-state index contributed by atoms with van der Waals surface area (Å²) in [7, 11) is 0. The number of aromatic nitrogens is 2. The second-order valence-corrected chi connectivity index (χ2v) is 6.71. The molecule has 1 aromatic heterocycles. The molecule has 0 spiro atoms. The Kier molecular flexibility index (Phi) is 4.92. The Hall–Kier alpha value is -3.42. The van der Waals surface area contributed by atoms with Crippen LogP contribution in [-0.2, 0) is 19.1 Å². The average Bonchev–Trinajstić information content (AvgIpc) is 2.73. The van der Waals surface area contributed by atoms with Crippen LogP contribution in [0.4, 0.5) is 24.8 Å². The number of alkyl halides is 3. The van der Waals surface area contributed by atoms with Crippen molar-refractivity contribution >= 4 is 17.5 Å². The molecule has 0 fully saturated rings. The van der Waals surface area contributed by atoms with Gasteiger partial charge in [0.2, 0.25) is 5.95 Å². The molecule has 29 heavy (non-hydrogen) atoms. The third kappa shape index (κ3) is 4.06.